The summed E-state index contributed by atoms with van der Waals surface area (Å²) in [7, 11) is -3.67. The van der Waals surface area contributed by atoms with Gasteiger partial charge in [0.2, 0.25) is 15.8 Å². The molecule has 0 unspecified atom stereocenters. The van der Waals surface area contributed by atoms with E-state index in [1.165, 1.54) is 18.2 Å². The van der Waals surface area contributed by atoms with E-state index in [0.717, 1.165) is 0 Å². The summed E-state index contributed by atoms with van der Waals surface area (Å²) in [5.74, 6) is -0.389. The molecule has 0 aliphatic heterocycles. The first kappa shape index (κ1) is 16.7. The van der Waals surface area contributed by atoms with Gasteiger partial charge < -0.3 is 4.74 Å². The van der Waals surface area contributed by atoms with Crippen molar-refractivity contribution in [3.63, 3.8) is 0 Å². The molecule has 0 saturated carbocycles. The van der Waals surface area contributed by atoms with Crippen molar-refractivity contribution in [1.29, 1.82) is 0 Å². The van der Waals surface area contributed by atoms with Gasteiger partial charge in [0.25, 0.3) is 0 Å². The Morgan fingerprint density at radius 2 is 2.05 bits per heavy atom. The molecule has 2 N–H and O–H groups in total. The smallest absolute Gasteiger partial charge is 0.312 e. The number of nitrogens with two attached hydrogens (primary N) is 1. The molecule has 1 aromatic rings. The zero-order chi connectivity index (χ0) is 15.6. The molecule has 0 fully saturated rings. The van der Waals surface area contributed by atoms with Gasteiger partial charge in [0.05, 0.1) is 22.3 Å². The van der Waals surface area contributed by atoms with Crippen molar-refractivity contribution in [2.45, 2.75) is 13.8 Å². The number of halogens is 1. The lowest BCUT2D eigenvalue weighted by atomic mass is 9.98. The lowest BCUT2D eigenvalue weighted by Crippen LogP contribution is -2.33. The highest BCUT2D eigenvalue weighted by Crippen LogP contribution is 2.35. The normalized spacial score (nSPS) is 12.2. The van der Waals surface area contributed by atoms with Crippen LogP contribution in [-0.4, -0.2) is 25.7 Å². The second-order valence-corrected chi connectivity index (χ2v) is 7.13. The van der Waals surface area contributed by atoms with Crippen LogP contribution in [0.4, 0.5) is 5.69 Å². The fourth-order valence-electron chi connectivity index (χ4n) is 1.64. The van der Waals surface area contributed by atoms with Crippen LogP contribution in [0.3, 0.4) is 0 Å². The van der Waals surface area contributed by atoms with E-state index in [0.29, 0.717) is 0 Å². The molecule has 20 heavy (non-hydrogen) atoms. The van der Waals surface area contributed by atoms with E-state index in [9.17, 15) is 18.5 Å². The highest BCUT2D eigenvalue weighted by Gasteiger charge is 2.27. The van der Waals surface area contributed by atoms with Gasteiger partial charge in [0, 0.05) is 11.5 Å². The molecule has 0 aliphatic rings. The van der Waals surface area contributed by atoms with Crippen LogP contribution < -0.4 is 9.88 Å². The van der Waals surface area contributed by atoms with Crippen molar-refractivity contribution in [3.05, 3.63) is 33.3 Å². The van der Waals surface area contributed by atoms with Crippen molar-refractivity contribution in [2.24, 2.45) is 10.6 Å². The average molecular weight is 323 g/mol. The van der Waals surface area contributed by atoms with Gasteiger partial charge in [-0.25, -0.2) is 13.6 Å². The summed E-state index contributed by atoms with van der Waals surface area (Å²) in [4.78, 5) is 10.3. The Balaban J connectivity index is 2.93. The Hall–Kier alpha value is -1.38. The van der Waals surface area contributed by atoms with Crippen molar-refractivity contribution in [3.8, 4) is 5.75 Å². The molecule has 1 rings (SSSR count). The van der Waals surface area contributed by atoms with Gasteiger partial charge in [-0.1, -0.05) is 31.5 Å². The molecule has 0 saturated heterocycles. The first-order valence-electron chi connectivity index (χ1n) is 5.58. The molecule has 0 atom stereocenters. The van der Waals surface area contributed by atoms with Crippen LogP contribution in [0.5, 0.6) is 5.75 Å². The standard InChI is InChI=1S/C11H15ClN2O5S/c1-11(2,7-20(13,17)18)6-19-10-8(12)4-3-5-9(10)14(15)16/h3-5H,6-7H2,1-2H3,(H2,13,17,18). The van der Waals surface area contributed by atoms with Crippen LogP contribution in [-0.2, 0) is 10.0 Å². The van der Waals surface area contributed by atoms with Gasteiger partial charge >= 0.3 is 5.69 Å². The first-order valence-corrected chi connectivity index (χ1v) is 7.67. The van der Waals surface area contributed by atoms with E-state index in [1.807, 2.05) is 0 Å². The second-order valence-electron chi connectivity index (χ2n) is 5.11. The number of benzene rings is 1. The van der Waals surface area contributed by atoms with Crippen LogP contribution >= 0.6 is 11.6 Å². The zero-order valence-electron chi connectivity index (χ0n) is 11.0. The Bertz CT molecular complexity index is 615. The molecule has 0 spiro atoms. The summed E-state index contributed by atoms with van der Waals surface area (Å²) >= 11 is 5.86. The van der Waals surface area contributed by atoms with Crippen molar-refractivity contribution < 1.29 is 18.1 Å². The first-order chi connectivity index (χ1) is 9.02. The molecule has 0 aliphatic carbocycles. The quantitative estimate of drug-likeness (QED) is 0.635. The SMILES string of the molecule is CC(C)(COc1c(Cl)cccc1[N+](=O)[O-])CS(N)(=O)=O. The third-order valence-corrected chi connectivity index (χ3v) is 3.82. The Labute approximate surface area is 121 Å². The maximum absolute atomic E-state index is 11.1. The Morgan fingerprint density at radius 3 is 2.55 bits per heavy atom. The summed E-state index contributed by atoms with van der Waals surface area (Å²) in [6.45, 7) is 3.17. The summed E-state index contributed by atoms with van der Waals surface area (Å²) in [5.41, 5.74) is -1.08. The predicted molar refractivity (Wildman–Crippen MR) is 75.4 cm³/mol. The van der Waals surface area contributed by atoms with Gasteiger partial charge in [-0.3, -0.25) is 10.1 Å². The second kappa shape index (κ2) is 5.94. The highest BCUT2D eigenvalue weighted by molar-refractivity contribution is 7.89. The molecule has 0 aromatic heterocycles. The van der Waals surface area contributed by atoms with Gasteiger partial charge in [-0.05, 0) is 6.07 Å². The van der Waals surface area contributed by atoms with E-state index in [4.69, 9.17) is 21.5 Å². The third kappa shape index (κ3) is 4.95. The van der Waals surface area contributed by atoms with Crippen LogP contribution in [0.2, 0.25) is 5.02 Å². The number of para-hydroxylation sites is 1. The largest absolute Gasteiger partial charge is 0.485 e. The van der Waals surface area contributed by atoms with Gasteiger partial charge in [0.15, 0.2) is 0 Å². The summed E-state index contributed by atoms with van der Waals surface area (Å²) in [6, 6.07) is 4.15. The number of nitro groups is 1. The van der Waals surface area contributed by atoms with E-state index in [1.54, 1.807) is 13.8 Å². The summed E-state index contributed by atoms with van der Waals surface area (Å²) in [5, 5.41) is 15.9. The van der Waals surface area contributed by atoms with Crippen molar-refractivity contribution in [2.75, 3.05) is 12.4 Å². The van der Waals surface area contributed by atoms with Crippen LogP contribution in [0.25, 0.3) is 0 Å². The Morgan fingerprint density at radius 1 is 1.45 bits per heavy atom. The third-order valence-electron chi connectivity index (χ3n) is 2.34. The molecule has 0 amide bonds. The number of ether oxygens (including phenoxy) is 1. The molecular formula is C11H15ClN2O5S. The van der Waals surface area contributed by atoms with E-state index >= 15 is 0 Å². The number of rotatable bonds is 6. The summed E-state index contributed by atoms with van der Waals surface area (Å²) in [6.07, 6.45) is 0. The van der Waals surface area contributed by atoms with E-state index in [2.05, 4.69) is 0 Å². The minimum absolute atomic E-state index is 0.0754. The molecule has 112 valence electrons. The van der Waals surface area contributed by atoms with Gasteiger partial charge in [-0.2, -0.15) is 0 Å². The number of hydrogen-bond acceptors (Lipinski definition) is 5. The fraction of sp³-hybridized carbons (Fsp3) is 0.455. The molecule has 0 heterocycles. The summed E-state index contributed by atoms with van der Waals surface area (Å²) < 4.78 is 27.5. The van der Waals surface area contributed by atoms with Crippen molar-refractivity contribution in [1.82, 2.24) is 0 Å². The number of primary sulfonamides is 1. The number of nitro benzene ring substituents is 1. The molecule has 1 aromatic carbocycles. The van der Waals surface area contributed by atoms with E-state index in [-0.39, 0.29) is 28.8 Å². The number of sulfonamides is 1. The van der Waals surface area contributed by atoms with Gasteiger partial charge in [-0.15, -0.1) is 0 Å². The van der Waals surface area contributed by atoms with Crippen molar-refractivity contribution >= 4 is 27.3 Å². The van der Waals surface area contributed by atoms with Crippen LogP contribution in [0.1, 0.15) is 13.8 Å². The molecule has 9 heteroatoms. The molecule has 0 bridgehead atoms. The zero-order valence-corrected chi connectivity index (χ0v) is 12.6. The maximum atomic E-state index is 11.1. The minimum Gasteiger partial charge on any atom is -0.485 e. The predicted octanol–water partition coefficient (Wildman–Crippen LogP) is 1.94. The lowest BCUT2D eigenvalue weighted by molar-refractivity contribution is -0.385. The minimum atomic E-state index is -3.67. The van der Waals surface area contributed by atoms with Crippen LogP contribution in [0.15, 0.2) is 18.2 Å². The van der Waals surface area contributed by atoms with Crippen LogP contribution in [0, 0.1) is 15.5 Å². The molecular weight excluding hydrogens is 308 g/mol. The van der Waals surface area contributed by atoms with E-state index < -0.39 is 20.4 Å². The maximum Gasteiger partial charge on any atom is 0.312 e. The fourth-order valence-corrected chi connectivity index (χ4v) is 3.03. The number of nitrogens with zero attached hydrogens (tertiary/aromatic N) is 1. The topological polar surface area (TPSA) is 113 Å². The average Bonchev–Trinajstić information content (AvgIpc) is 2.23. The molecule has 7 nitrogen and oxygen atoms in total. The van der Waals surface area contributed by atoms with Gasteiger partial charge in [0.1, 0.15) is 0 Å². The lowest BCUT2D eigenvalue weighted by Gasteiger charge is -2.23. The monoisotopic (exact) mass is 322 g/mol. The molecule has 0 radical (unpaired) electrons. The number of hydrogen-bond donors (Lipinski definition) is 1. The Kier molecular flexibility index (Phi) is 4.95. The highest BCUT2D eigenvalue weighted by atomic mass is 35.5.